The van der Waals surface area contributed by atoms with Gasteiger partial charge in [0.25, 0.3) is 0 Å². The molecule has 0 bridgehead atoms. The zero-order valence-electron chi connectivity index (χ0n) is 14.6. The van der Waals surface area contributed by atoms with Crippen LogP contribution in [0.2, 0.25) is 0 Å². The summed E-state index contributed by atoms with van der Waals surface area (Å²) in [6.07, 6.45) is 4.93. The first-order chi connectivity index (χ1) is 12.4. The smallest absolute Gasteiger partial charge is 0.123 e. The number of aromatic nitrogens is 1. The average molecular weight is 358 g/mol. The second-order valence-corrected chi connectivity index (χ2v) is 7.91. The van der Waals surface area contributed by atoms with Crippen molar-refractivity contribution >= 4 is 11.3 Å². The first kappa shape index (κ1) is 17.2. The predicted octanol–water partition coefficient (Wildman–Crippen LogP) is 3.10. The van der Waals surface area contributed by atoms with Gasteiger partial charge in [0.1, 0.15) is 5.01 Å². The van der Waals surface area contributed by atoms with Gasteiger partial charge in [-0.15, -0.1) is 11.3 Å². The molecule has 2 fully saturated rings. The summed E-state index contributed by atoms with van der Waals surface area (Å²) in [5.41, 5.74) is 2.41. The lowest BCUT2D eigenvalue weighted by Gasteiger charge is -2.33. The van der Waals surface area contributed by atoms with Crippen molar-refractivity contribution in [1.82, 2.24) is 15.6 Å². The summed E-state index contributed by atoms with van der Waals surface area (Å²) in [5.74, 6) is 0.704. The number of nitrogens with one attached hydrogen (secondary N) is 2. The Morgan fingerprint density at radius 1 is 1.24 bits per heavy atom. The molecule has 1 aromatic heterocycles. The number of thiazole rings is 1. The molecule has 3 atom stereocenters. The Hall–Kier alpha value is -1.27. The highest BCUT2D eigenvalue weighted by Gasteiger charge is 2.34. The third kappa shape index (κ3) is 4.29. The van der Waals surface area contributed by atoms with Crippen molar-refractivity contribution in [3.63, 3.8) is 0 Å². The van der Waals surface area contributed by atoms with Crippen LogP contribution in [0.4, 0.5) is 0 Å². The highest BCUT2D eigenvalue weighted by Crippen LogP contribution is 2.29. The van der Waals surface area contributed by atoms with Crippen LogP contribution in [0.25, 0.3) is 10.6 Å². The average Bonchev–Trinajstić information content (AvgIpc) is 3.33. The topological polar surface area (TPSA) is 46.2 Å². The highest BCUT2D eigenvalue weighted by atomic mass is 32.1. The Morgan fingerprint density at radius 3 is 3.00 bits per heavy atom. The Balaban J connectivity index is 1.28. The zero-order valence-corrected chi connectivity index (χ0v) is 15.4. The fraction of sp³-hybridized carbons (Fsp3) is 0.550. The third-order valence-corrected chi connectivity index (χ3v) is 6.34. The largest absolute Gasteiger partial charge is 0.379 e. The SMILES string of the molecule is c1ccc(-c2nc(CCNC3CCCC3C3COCCN3)cs2)cc1. The second kappa shape index (κ2) is 8.41. The molecule has 4 rings (SSSR count). The van der Waals surface area contributed by atoms with Crippen LogP contribution in [-0.4, -0.2) is 43.4 Å². The van der Waals surface area contributed by atoms with Crippen LogP contribution < -0.4 is 10.6 Å². The van der Waals surface area contributed by atoms with Gasteiger partial charge in [-0.25, -0.2) is 4.98 Å². The molecule has 4 nitrogen and oxygen atoms in total. The maximum atomic E-state index is 5.66. The number of nitrogens with zero attached hydrogens (tertiary/aromatic N) is 1. The Kier molecular flexibility index (Phi) is 5.77. The molecule has 2 heterocycles. The molecule has 1 aliphatic heterocycles. The number of hydrogen-bond acceptors (Lipinski definition) is 5. The lowest BCUT2D eigenvalue weighted by atomic mass is 9.94. The van der Waals surface area contributed by atoms with E-state index < -0.39 is 0 Å². The molecule has 25 heavy (non-hydrogen) atoms. The summed E-state index contributed by atoms with van der Waals surface area (Å²) < 4.78 is 5.66. The molecule has 0 amide bonds. The van der Waals surface area contributed by atoms with Crippen LogP contribution in [0.5, 0.6) is 0 Å². The second-order valence-electron chi connectivity index (χ2n) is 7.05. The molecule has 0 radical (unpaired) electrons. The van der Waals surface area contributed by atoms with Crippen LogP contribution in [0.3, 0.4) is 0 Å². The van der Waals surface area contributed by atoms with Gasteiger partial charge in [-0.1, -0.05) is 36.8 Å². The third-order valence-electron chi connectivity index (χ3n) is 5.40. The van der Waals surface area contributed by atoms with Crippen molar-refractivity contribution in [2.24, 2.45) is 5.92 Å². The molecule has 134 valence electrons. The van der Waals surface area contributed by atoms with Crippen molar-refractivity contribution in [1.29, 1.82) is 0 Å². The van der Waals surface area contributed by atoms with Gasteiger partial charge in [0, 0.05) is 42.5 Å². The number of benzene rings is 1. The Morgan fingerprint density at radius 2 is 2.16 bits per heavy atom. The lowest BCUT2D eigenvalue weighted by Crippen LogP contribution is -2.51. The first-order valence-corrected chi connectivity index (χ1v) is 10.3. The fourth-order valence-corrected chi connectivity index (χ4v) is 4.97. The van der Waals surface area contributed by atoms with Crippen LogP contribution in [0, 0.1) is 5.92 Å². The Bertz CT molecular complexity index is 654. The van der Waals surface area contributed by atoms with Crippen LogP contribution in [-0.2, 0) is 11.2 Å². The highest BCUT2D eigenvalue weighted by molar-refractivity contribution is 7.13. The number of rotatable bonds is 6. The number of hydrogen-bond donors (Lipinski definition) is 2. The molecule has 5 heteroatoms. The van der Waals surface area contributed by atoms with Crippen molar-refractivity contribution in [3.05, 3.63) is 41.4 Å². The molecular weight excluding hydrogens is 330 g/mol. The quantitative estimate of drug-likeness (QED) is 0.834. The van der Waals surface area contributed by atoms with Crippen LogP contribution in [0.1, 0.15) is 25.0 Å². The monoisotopic (exact) mass is 357 g/mol. The molecular formula is C20H27N3OS. The summed E-state index contributed by atoms with van der Waals surface area (Å²) in [4.78, 5) is 4.80. The summed E-state index contributed by atoms with van der Waals surface area (Å²) >= 11 is 1.74. The zero-order chi connectivity index (χ0) is 16.9. The van der Waals surface area contributed by atoms with Gasteiger partial charge < -0.3 is 15.4 Å². The van der Waals surface area contributed by atoms with E-state index in [2.05, 4.69) is 40.3 Å². The van der Waals surface area contributed by atoms with Gasteiger partial charge in [-0.3, -0.25) is 0 Å². The van der Waals surface area contributed by atoms with E-state index in [4.69, 9.17) is 9.72 Å². The fourth-order valence-electron chi connectivity index (χ4n) is 4.11. The van der Waals surface area contributed by atoms with Crippen LogP contribution >= 0.6 is 11.3 Å². The minimum atomic E-state index is 0.526. The first-order valence-electron chi connectivity index (χ1n) is 9.44. The predicted molar refractivity (Wildman–Crippen MR) is 103 cm³/mol. The maximum Gasteiger partial charge on any atom is 0.123 e. The van der Waals surface area contributed by atoms with E-state index in [1.165, 1.54) is 30.5 Å². The van der Waals surface area contributed by atoms with Gasteiger partial charge in [-0.05, 0) is 18.8 Å². The van der Waals surface area contributed by atoms with Crippen molar-refractivity contribution in [2.45, 2.75) is 37.8 Å². The number of ether oxygens (including phenoxy) is 1. The summed E-state index contributed by atoms with van der Waals surface area (Å²) in [6.45, 7) is 3.73. The lowest BCUT2D eigenvalue weighted by molar-refractivity contribution is 0.0526. The van der Waals surface area contributed by atoms with E-state index in [0.29, 0.717) is 18.0 Å². The van der Waals surface area contributed by atoms with Gasteiger partial charge in [0.15, 0.2) is 0 Å². The van der Waals surface area contributed by atoms with Gasteiger partial charge in [0.05, 0.1) is 18.9 Å². The minimum absolute atomic E-state index is 0.526. The molecule has 1 aromatic carbocycles. The standard InChI is InChI=1S/C20H27N3OS/c1-2-5-15(6-3-1)20-23-16(14-25-20)9-10-21-18-8-4-7-17(18)19-13-24-12-11-22-19/h1-3,5-6,14,17-19,21-22H,4,7-13H2. The van der Waals surface area contributed by atoms with E-state index in [1.807, 2.05) is 6.07 Å². The molecule has 1 aliphatic carbocycles. The summed E-state index contributed by atoms with van der Waals surface area (Å²) in [7, 11) is 0. The molecule has 1 saturated heterocycles. The van der Waals surface area contributed by atoms with Gasteiger partial charge in [0.2, 0.25) is 0 Å². The van der Waals surface area contributed by atoms with E-state index in [1.54, 1.807) is 11.3 Å². The maximum absolute atomic E-state index is 5.66. The Labute approximate surface area is 154 Å². The molecule has 3 unspecified atom stereocenters. The van der Waals surface area contributed by atoms with Crippen molar-refractivity contribution in [2.75, 3.05) is 26.3 Å². The normalized spacial score (nSPS) is 26.8. The minimum Gasteiger partial charge on any atom is -0.379 e. The number of morpholine rings is 1. The van der Waals surface area contributed by atoms with Gasteiger partial charge >= 0.3 is 0 Å². The van der Waals surface area contributed by atoms with E-state index in [9.17, 15) is 0 Å². The van der Waals surface area contributed by atoms with Crippen LogP contribution in [0.15, 0.2) is 35.7 Å². The molecule has 2 aliphatic rings. The van der Waals surface area contributed by atoms with Gasteiger partial charge in [-0.2, -0.15) is 0 Å². The molecule has 2 aromatic rings. The molecule has 1 saturated carbocycles. The van der Waals surface area contributed by atoms with E-state index in [0.717, 1.165) is 37.7 Å². The van der Waals surface area contributed by atoms with Crippen molar-refractivity contribution < 1.29 is 4.74 Å². The summed E-state index contributed by atoms with van der Waals surface area (Å²) in [6, 6.07) is 11.6. The van der Waals surface area contributed by atoms with Crippen molar-refractivity contribution in [3.8, 4) is 10.6 Å². The molecule has 2 N–H and O–H groups in total. The van der Waals surface area contributed by atoms with E-state index >= 15 is 0 Å². The summed E-state index contributed by atoms with van der Waals surface area (Å²) in [5, 5.41) is 10.8. The molecule has 0 spiro atoms. The van der Waals surface area contributed by atoms with E-state index in [-0.39, 0.29) is 0 Å².